The van der Waals surface area contributed by atoms with Crippen LogP contribution >= 0.6 is 0 Å². The van der Waals surface area contributed by atoms with E-state index in [0.29, 0.717) is 5.56 Å². The number of aromatic nitrogens is 3. The minimum Gasteiger partial charge on any atom is -0.545 e. The predicted molar refractivity (Wildman–Crippen MR) is 85.1 cm³/mol. The standard InChI is InChI=1S/C14H14N6O5/c1-7(16-10-12(22)17-14(25)20-18-10)11(21)19-15-6-8-2-4-9(5-3-8)13(23)24/h2-7H,1H3,(H,16,18)(H,19,21)(H,23,24)(H2,17,20,22,25)/p-1/t7-/m1/s1. The molecule has 0 unspecified atom stereocenters. The SMILES string of the molecule is C[C@@H](Nc1n[nH]c(=O)[nH]c1=O)C(=O)NN=Cc1ccc(C(=O)[O-])cc1. The van der Waals surface area contributed by atoms with Crippen molar-refractivity contribution in [2.24, 2.45) is 5.10 Å². The minimum absolute atomic E-state index is 0.0256. The summed E-state index contributed by atoms with van der Waals surface area (Å²) in [5.41, 5.74) is 1.31. The van der Waals surface area contributed by atoms with Gasteiger partial charge in [0.05, 0.1) is 12.2 Å². The molecule has 130 valence electrons. The van der Waals surface area contributed by atoms with Crippen LogP contribution in [-0.2, 0) is 4.79 Å². The second kappa shape index (κ2) is 7.68. The number of rotatable bonds is 6. The molecule has 0 radical (unpaired) electrons. The van der Waals surface area contributed by atoms with E-state index in [1.54, 1.807) is 0 Å². The summed E-state index contributed by atoms with van der Waals surface area (Å²) in [7, 11) is 0. The quantitative estimate of drug-likeness (QED) is 0.339. The van der Waals surface area contributed by atoms with Crippen LogP contribution in [0.3, 0.4) is 0 Å². The Kier molecular flexibility index (Phi) is 5.40. The molecule has 4 N–H and O–H groups in total. The van der Waals surface area contributed by atoms with Gasteiger partial charge in [-0.05, 0) is 18.1 Å². The number of aromatic amines is 2. The van der Waals surface area contributed by atoms with Gasteiger partial charge in [-0.2, -0.15) is 5.10 Å². The van der Waals surface area contributed by atoms with Crippen molar-refractivity contribution < 1.29 is 14.7 Å². The highest BCUT2D eigenvalue weighted by molar-refractivity contribution is 5.88. The number of H-pyrrole nitrogens is 2. The lowest BCUT2D eigenvalue weighted by Gasteiger charge is -2.11. The maximum atomic E-state index is 11.9. The number of nitrogens with one attached hydrogen (secondary N) is 4. The summed E-state index contributed by atoms with van der Waals surface area (Å²) in [5.74, 6) is -2.07. The van der Waals surface area contributed by atoms with Gasteiger partial charge in [0, 0.05) is 0 Å². The number of anilines is 1. The van der Waals surface area contributed by atoms with Crippen molar-refractivity contribution in [2.45, 2.75) is 13.0 Å². The van der Waals surface area contributed by atoms with Crippen molar-refractivity contribution in [1.29, 1.82) is 0 Å². The number of aromatic carboxylic acids is 1. The lowest BCUT2D eigenvalue weighted by Crippen LogP contribution is -2.38. The number of hydrogen-bond donors (Lipinski definition) is 4. The molecule has 1 atom stereocenters. The van der Waals surface area contributed by atoms with Gasteiger partial charge in [0.25, 0.3) is 11.5 Å². The zero-order chi connectivity index (χ0) is 18.4. The molecule has 25 heavy (non-hydrogen) atoms. The fourth-order valence-electron chi connectivity index (χ4n) is 1.69. The summed E-state index contributed by atoms with van der Waals surface area (Å²) in [6, 6.07) is 4.81. The maximum Gasteiger partial charge on any atom is 0.342 e. The Labute approximate surface area is 139 Å². The maximum absolute atomic E-state index is 11.9. The average Bonchev–Trinajstić information content (AvgIpc) is 2.57. The van der Waals surface area contributed by atoms with Crippen LogP contribution in [0.25, 0.3) is 0 Å². The lowest BCUT2D eigenvalue weighted by atomic mass is 10.1. The molecule has 11 heteroatoms. The normalized spacial score (nSPS) is 11.9. The summed E-state index contributed by atoms with van der Waals surface area (Å²) in [4.78, 5) is 46.8. The molecule has 0 saturated heterocycles. The van der Waals surface area contributed by atoms with E-state index in [2.05, 4.69) is 20.9 Å². The summed E-state index contributed by atoms with van der Waals surface area (Å²) in [5, 5.41) is 22.4. The number of hydrazone groups is 1. The summed E-state index contributed by atoms with van der Waals surface area (Å²) < 4.78 is 0. The smallest absolute Gasteiger partial charge is 0.342 e. The molecule has 0 aliphatic heterocycles. The fourth-order valence-corrected chi connectivity index (χ4v) is 1.69. The Balaban J connectivity index is 1.93. The van der Waals surface area contributed by atoms with Gasteiger partial charge in [-0.15, -0.1) is 5.10 Å². The van der Waals surface area contributed by atoms with Crippen molar-refractivity contribution in [3.63, 3.8) is 0 Å². The number of amides is 1. The molecule has 0 aliphatic carbocycles. The van der Waals surface area contributed by atoms with Crippen molar-refractivity contribution in [2.75, 3.05) is 5.32 Å². The van der Waals surface area contributed by atoms with E-state index in [-0.39, 0.29) is 11.4 Å². The van der Waals surface area contributed by atoms with Crippen LogP contribution in [0.1, 0.15) is 22.8 Å². The zero-order valence-electron chi connectivity index (χ0n) is 12.9. The van der Waals surface area contributed by atoms with Crippen molar-refractivity contribution >= 4 is 23.9 Å². The summed E-state index contributed by atoms with van der Waals surface area (Å²) in [6.45, 7) is 1.46. The number of carboxylic acids is 1. The van der Waals surface area contributed by atoms with Gasteiger partial charge in [0.1, 0.15) is 6.04 Å². The molecular weight excluding hydrogens is 332 g/mol. The van der Waals surface area contributed by atoms with E-state index >= 15 is 0 Å². The first-order valence-electron chi connectivity index (χ1n) is 6.96. The van der Waals surface area contributed by atoms with Gasteiger partial charge in [0.15, 0.2) is 0 Å². The van der Waals surface area contributed by atoms with Crippen LogP contribution in [0.15, 0.2) is 39.0 Å². The monoisotopic (exact) mass is 345 g/mol. The third-order valence-electron chi connectivity index (χ3n) is 2.99. The second-order valence-electron chi connectivity index (χ2n) is 4.87. The number of carbonyl (C=O) groups is 2. The first kappa shape index (κ1) is 17.6. The molecule has 1 heterocycles. The van der Waals surface area contributed by atoms with E-state index in [1.165, 1.54) is 37.4 Å². The molecule has 1 aromatic carbocycles. The van der Waals surface area contributed by atoms with E-state index < -0.39 is 29.2 Å². The van der Waals surface area contributed by atoms with Gasteiger partial charge in [-0.1, -0.05) is 24.3 Å². The molecule has 1 aromatic heterocycles. The third-order valence-corrected chi connectivity index (χ3v) is 2.99. The molecule has 2 aromatic rings. The molecule has 0 spiro atoms. The van der Waals surface area contributed by atoms with Gasteiger partial charge >= 0.3 is 5.69 Å². The van der Waals surface area contributed by atoms with E-state index in [0.717, 1.165) is 0 Å². The van der Waals surface area contributed by atoms with Crippen LogP contribution in [0.2, 0.25) is 0 Å². The first-order chi connectivity index (χ1) is 11.9. The summed E-state index contributed by atoms with van der Waals surface area (Å²) in [6.07, 6.45) is 1.31. The van der Waals surface area contributed by atoms with Crippen molar-refractivity contribution in [3.8, 4) is 0 Å². The fraction of sp³-hybridized carbons (Fsp3) is 0.143. The second-order valence-corrected chi connectivity index (χ2v) is 4.87. The molecule has 2 rings (SSSR count). The van der Waals surface area contributed by atoms with Crippen molar-refractivity contribution in [3.05, 3.63) is 56.2 Å². The minimum atomic E-state index is -1.29. The lowest BCUT2D eigenvalue weighted by molar-refractivity contribution is -0.255. The highest BCUT2D eigenvalue weighted by Gasteiger charge is 2.14. The van der Waals surface area contributed by atoms with Crippen LogP contribution in [0.4, 0.5) is 5.82 Å². The Hall–Kier alpha value is -3.76. The van der Waals surface area contributed by atoms with Crippen LogP contribution in [-0.4, -0.2) is 39.3 Å². The molecule has 0 fully saturated rings. The number of nitrogens with zero attached hydrogens (tertiary/aromatic N) is 2. The van der Waals surface area contributed by atoms with Gasteiger partial charge in [0.2, 0.25) is 5.82 Å². The summed E-state index contributed by atoms with van der Waals surface area (Å²) >= 11 is 0. The molecule has 0 aliphatic rings. The van der Waals surface area contributed by atoms with Crippen LogP contribution in [0.5, 0.6) is 0 Å². The van der Waals surface area contributed by atoms with Crippen LogP contribution < -0.4 is 27.1 Å². The number of carboxylic acid groups (broad SMARTS) is 1. The predicted octanol–water partition coefficient (Wildman–Crippen LogP) is -2.23. The Morgan fingerprint density at radius 2 is 1.96 bits per heavy atom. The van der Waals surface area contributed by atoms with Gasteiger partial charge in [-0.3, -0.25) is 14.6 Å². The largest absolute Gasteiger partial charge is 0.545 e. The highest BCUT2D eigenvalue weighted by Crippen LogP contribution is 2.01. The Morgan fingerprint density at radius 3 is 2.56 bits per heavy atom. The number of hydrogen-bond acceptors (Lipinski definition) is 8. The number of benzene rings is 1. The molecule has 0 saturated carbocycles. The molecule has 11 nitrogen and oxygen atoms in total. The highest BCUT2D eigenvalue weighted by atomic mass is 16.4. The first-order valence-corrected chi connectivity index (χ1v) is 6.96. The molecular formula is C14H13N6O5-. The Morgan fingerprint density at radius 1 is 1.28 bits per heavy atom. The van der Waals surface area contributed by atoms with E-state index in [1.807, 2.05) is 10.1 Å². The van der Waals surface area contributed by atoms with E-state index in [4.69, 9.17) is 0 Å². The molecule has 0 bridgehead atoms. The average molecular weight is 345 g/mol. The Bertz CT molecular complexity index is 914. The zero-order valence-corrected chi connectivity index (χ0v) is 12.9. The van der Waals surface area contributed by atoms with Gasteiger partial charge < -0.3 is 15.2 Å². The third kappa shape index (κ3) is 4.86. The topological polar surface area (TPSA) is 172 Å². The van der Waals surface area contributed by atoms with Crippen LogP contribution in [0, 0.1) is 0 Å². The van der Waals surface area contributed by atoms with E-state index in [9.17, 15) is 24.3 Å². The van der Waals surface area contributed by atoms with Crippen molar-refractivity contribution in [1.82, 2.24) is 20.6 Å². The van der Waals surface area contributed by atoms with Gasteiger partial charge in [-0.25, -0.2) is 15.3 Å². The number of carbonyl (C=O) groups excluding carboxylic acids is 2. The molecule has 1 amide bonds.